The van der Waals surface area contributed by atoms with Crippen molar-refractivity contribution in [2.24, 2.45) is 29.6 Å². The Bertz CT molecular complexity index is 247. The van der Waals surface area contributed by atoms with E-state index < -0.39 is 0 Å². The van der Waals surface area contributed by atoms with Gasteiger partial charge in [-0.1, -0.05) is 6.92 Å². The van der Waals surface area contributed by atoms with Crippen LogP contribution in [-0.4, -0.2) is 12.5 Å². The third-order valence-corrected chi connectivity index (χ3v) is 4.59. The molecule has 3 rings (SSSR count). The first kappa shape index (κ1) is 8.75. The van der Waals surface area contributed by atoms with Gasteiger partial charge in [0.1, 0.15) is 0 Å². The fraction of sp³-hybridized carbons (Fsp3) is 0.917. The number of rotatable bonds is 3. The molecule has 3 saturated carbocycles. The molecule has 3 aliphatic carbocycles. The Hall–Kier alpha value is -0.530. The molecule has 3 fully saturated rings. The molecule has 0 aromatic rings. The lowest BCUT2D eigenvalue weighted by Gasteiger charge is -2.08. The standard InChI is InChI=1S/C12H19NO/c1-2-5-13-12(14)11-9-7-3-4-8(6-7)10(9)11/h7-11H,2-6H2,1H3,(H,13,14). The van der Waals surface area contributed by atoms with E-state index in [4.69, 9.17) is 0 Å². The van der Waals surface area contributed by atoms with Crippen molar-refractivity contribution in [1.82, 2.24) is 5.32 Å². The highest BCUT2D eigenvalue weighted by atomic mass is 16.2. The minimum Gasteiger partial charge on any atom is -0.356 e. The second-order valence-electron chi connectivity index (χ2n) is 5.30. The van der Waals surface area contributed by atoms with Crippen molar-refractivity contribution in [2.45, 2.75) is 32.6 Å². The summed E-state index contributed by atoms with van der Waals surface area (Å²) in [7, 11) is 0. The van der Waals surface area contributed by atoms with Gasteiger partial charge in [-0.25, -0.2) is 0 Å². The van der Waals surface area contributed by atoms with Gasteiger partial charge in [0.2, 0.25) is 5.91 Å². The fourth-order valence-electron chi connectivity index (χ4n) is 4.04. The number of fused-ring (bicyclic) bond motifs is 5. The Morgan fingerprint density at radius 3 is 2.50 bits per heavy atom. The maximum atomic E-state index is 11.8. The van der Waals surface area contributed by atoms with E-state index in [1.54, 1.807) is 0 Å². The van der Waals surface area contributed by atoms with Crippen LogP contribution in [0.1, 0.15) is 32.6 Å². The topological polar surface area (TPSA) is 29.1 Å². The summed E-state index contributed by atoms with van der Waals surface area (Å²) in [5.74, 6) is 4.22. The first-order chi connectivity index (χ1) is 6.83. The van der Waals surface area contributed by atoms with Crippen LogP contribution >= 0.6 is 0 Å². The molecule has 0 saturated heterocycles. The van der Waals surface area contributed by atoms with Gasteiger partial charge in [-0.3, -0.25) is 4.79 Å². The van der Waals surface area contributed by atoms with Crippen LogP contribution in [0, 0.1) is 29.6 Å². The summed E-state index contributed by atoms with van der Waals surface area (Å²) in [6, 6.07) is 0. The first-order valence-electron chi connectivity index (χ1n) is 6.10. The predicted molar refractivity (Wildman–Crippen MR) is 54.6 cm³/mol. The molecule has 4 unspecified atom stereocenters. The van der Waals surface area contributed by atoms with Gasteiger partial charge in [-0.2, -0.15) is 0 Å². The van der Waals surface area contributed by atoms with Gasteiger partial charge in [-0.15, -0.1) is 0 Å². The second-order valence-corrected chi connectivity index (χ2v) is 5.30. The van der Waals surface area contributed by atoms with Crippen LogP contribution in [0.2, 0.25) is 0 Å². The Labute approximate surface area is 85.4 Å². The van der Waals surface area contributed by atoms with Crippen molar-refractivity contribution in [3.63, 3.8) is 0 Å². The van der Waals surface area contributed by atoms with Crippen molar-refractivity contribution in [2.75, 3.05) is 6.54 Å². The lowest BCUT2D eigenvalue weighted by Crippen LogP contribution is -2.28. The highest BCUT2D eigenvalue weighted by Crippen LogP contribution is 2.69. The lowest BCUT2D eigenvalue weighted by atomic mass is 10.0. The smallest absolute Gasteiger partial charge is 0.223 e. The molecule has 78 valence electrons. The molecule has 0 spiro atoms. The quantitative estimate of drug-likeness (QED) is 0.727. The minimum absolute atomic E-state index is 0.360. The third-order valence-electron chi connectivity index (χ3n) is 4.59. The van der Waals surface area contributed by atoms with Gasteiger partial charge >= 0.3 is 0 Å². The van der Waals surface area contributed by atoms with Gasteiger partial charge in [0.25, 0.3) is 0 Å². The molecule has 3 aliphatic rings. The van der Waals surface area contributed by atoms with Crippen LogP contribution in [-0.2, 0) is 4.79 Å². The number of hydrogen-bond acceptors (Lipinski definition) is 1. The summed E-state index contributed by atoms with van der Waals surface area (Å²) in [4.78, 5) is 11.8. The monoisotopic (exact) mass is 193 g/mol. The zero-order valence-electron chi connectivity index (χ0n) is 8.83. The normalized spacial score (nSPS) is 47.6. The van der Waals surface area contributed by atoms with Gasteiger partial charge in [0.05, 0.1) is 0 Å². The van der Waals surface area contributed by atoms with Crippen molar-refractivity contribution in [1.29, 1.82) is 0 Å². The molecule has 2 nitrogen and oxygen atoms in total. The van der Waals surface area contributed by atoms with E-state index in [9.17, 15) is 4.79 Å². The van der Waals surface area contributed by atoms with E-state index in [1.807, 2.05) is 0 Å². The molecule has 2 heteroatoms. The Morgan fingerprint density at radius 2 is 1.93 bits per heavy atom. The Kier molecular flexibility index (Phi) is 1.86. The molecule has 0 aliphatic heterocycles. The molecule has 2 bridgehead atoms. The van der Waals surface area contributed by atoms with Crippen molar-refractivity contribution in [3.05, 3.63) is 0 Å². The van der Waals surface area contributed by atoms with Crippen molar-refractivity contribution < 1.29 is 4.79 Å². The molecule has 14 heavy (non-hydrogen) atoms. The average molecular weight is 193 g/mol. The number of nitrogens with one attached hydrogen (secondary N) is 1. The number of carbonyl (C=O) groups is 1. The highest BCUT2D eigenvalue weighted by Gasteiger charge is 2.67. The molecule has 4 atom stereocenters. The second kappa shape index (κ2) is 2.98. The predicted octanol–water partition coefficient (Wildman–Crippen LogP) is 1.80. The van der Waals surface area contributed by atoms with E-state index in [0.29, 0.717) is 11.8 Å². The summed E-state index contributed by atoms with van der Waals surface area (Å²) in [5, 5.41) is 3.05. The maximum Gasteiger partial charge on any atom is 0.223 e. The van der Waals surface area contributed by atoms with Gasteiger partial charge < -0.3 is 5.32 Å². The van der Waals surface area contributed by atoms with Crippen LogP contribution in [0.25, 0.3) is 0 Å². The maximum absolute atomic E-state index is 11.8. The van der Waals surface area contributed by atoms with Gasteiger partial charge in [0, 0.05) is 12.5 Å². The SMILES string of the molecule is CCCNC(=O)C1C2C3CCC(C3)C12. The van der Waals surface area contributed by atoms with Gasteiger partial charge in [0.15, 0.2) is 0 Å². The Balaban J connectivity index is 1.60. The van der Waals surface area contributed by atoms with E-state index in [0.717, 1.165) is 36.6 Å². The fourth-order valence-corrected chi connectivity index (χ4v) is 4.04. The van der Waals surface area contributed by atoms with Crippen molar-refractivity contribution in [3.8, 4) is 0 Å². The zero-order chi connectivity index (χ0) is 9.71. The van der Waals surface area contributed by atoms with Crippen LogP contribution < -0.4 is 5.32 Å². The largest absolute Gasteiger partial charge is 0.356 e. The summed E-state index contributed by atoms with van der Waals surface area (Å²) in [5.41, 5.74) is 0. The Morgan fingerprint density at radius 1 is 1.29 bits per heavy atom. The molecule has 1 N–H and O–H groups in total. The summed E-state index contributed by atoms with van der Waals surface area (Å²) >= 11 is 0. The van der Waals surface area contributed by atoms with E-state index in [1.165, 1.54) is 19.3 Å². The molecular weight excluding hydrogens is 174 g/mol. The summed E-state index contributed by atoms with van der Waals surface area (Å²) < 4.78 is 0. The summed E-state index contributed by atoms with van der Waals surface area (Å²) in [6.07, 6.45) is 5.31. The molecule has 1 amide bonds. The zero-order valence-corrected chi connectivity index (χ0v) is 8.83. The third kappa shape index (κ3) is 1.06. The average Bonchev–Trinajstić information content (AvgIpc) is 2.64. The van der Waals surface area contributed by atoms with Crippen LogP contribution in [0.3, 0.4) is 0 Å². The minimum atomic E-state index is 0.360. The van der Waals surface area contributed by atoms with E-state index >= 15 is 0 Å². The molecule has 0 radical (unpaired) electrons. The molecular formula is C12H19NO. The van der Waals surface area contributed by atoms with Crippen LogP contribution in [0.5, 0.6) is 0 Å². The van der Waals surface area contributed by atoms with E-state index in [-0.39, 0.29) is 0 Å². The molecule has 0 heterocycles. The summed E-state index contributed by atoms with van der Waals surface area (Å²) in [6.45, 7) is 2.97. The first-order valence-corrected chi connectivity index (χ1v) is 6.10. The van der Waals surface area contributed by atoms with Crippen LogP contribution in [0.4, 0.5) is 0 Å². The van der Waals surface area contributed by atoms with E-state index in [2.05, 4.69) is 12.2 Å². The highest BCUT2D eigenvalue weighted by molar-refractivity contribution is 5.82. The van der Waals surface area contributed by atoms with Crippen molar-refractivity contribution >= 4 is 5.91 Å². The molecule has 0 aromatic heterocycles. The number of hydrogen-bond donors (Lipinski definition) is 1. The van der Waals surface area contributed by atoms with Gasteiger partial charge in [-0.05, 0) is 49.4 Å². The lowest BCUT2D eigenvalue weighted by molar-refractivity contribution is -0.123. The number of amides is 1. The van der Waals surface area contributed by atoms with Crippen LogP contribution in [0.15, 0.2) is 0 Å². The molecule has 0 aromatic carbocycles. The number of carbonyl (C=O) groups excluding carboxylic acids is 1.